The fourth-order valence-corrected chi connectivity index (χ4v) is 3.59. The van der Waals surface area contributed by atoms with Crippen molar-refractivity contribution in [3.8, 4) is 17.0 Å². The van der Waals surface area contributed by atoms with Crippen LogP contribution in [0.3, 0.4) is 0 Å². The Morgan fingerprint density at radius 1 is 1.30 bits per heavy atom. The molecule has 7 nitrogen and oxygen atoms in total. The first-order chi connectivity index (χ1) is 13.2. The lowest BCUT2D eigenvalue weighted by atomic mass is 10.1. The summed E-state index contributed by atoms with van der Waals surface area (Å²) in [5, 5.41) is 11.1. The van der Waals surface area contributed by atoms with Crippen LogP contribution < -0.4 is 15.4 Å². The maximum atomic E-state index is 14.0. The zero-order chi connectivity index (χ0) is 18.4. The molecule has 0 amide bonds. The van der Waals surface area contributed by atoms with Crippen molar-refractivity contribution in [1.29, 1.82) is 0 Å². The van der Waals surface area contributed by atoms with Gasteiger partial charge in [-0.1, -0.05) is 0 Å². The highest BCUT2D eigenvalue weighted by Crippen LogP contribution is 2.43. The van der Waals surface area contributed by atoms with Crippen LogP contribution in [-0.4, -0.2) is 52.0 Å². The van der Waals surface area contributed by atoms with E-state index in [1.54, 1.807) is 19.5 Å². The number of pyridine rings is 1. The Bertz CT molecular complexity index is 985. The normalized spacial score (nSPS) is 22.3. The molecule has 1 aliphatic carbocycles. The summed E-state index contributed by atoms with van der Waals surface area (Å²) in [4.78, 5) is 8.93. The molecule has 1 saturated heterocycles. The lowest BCUT2D eigenvalue weighted by molar-refractivity contribution is 0.342. The first-order valence-electron chi connectivity index (χ1n) is 9.24. The Balaban J connectivity index is 1.58. The number of hydrogen-bond donors (Lipinski definition) is 2. The third-order valence-corrected chi connectivity index (χ3v) is 5.21. The zero-order valence-corrected chi connectivity index (χ0v) is 15.0. The van der Waals surface area contributed by atoms with Gasteiger partial charge in [-0.15, -0.1) is 0 Å². The lowest BCUT2D eigenvalue weighted by Crippen LogP contribution is -2.30. The van der Waals surface area contributed by atoms with E-state index >= 15 is 0 Å². The Morgan fingerprint density at radius 2 is 2.19 bits per heavy atom. The monoisotopic (exact) mass is 368 g/mol. The second-order valence-electron chi connectivity index (χ2n) is 7.11. The van der Waals surface area contributed by atoms with Crippen LogP contribution in [0.1, 0.15) is 24.5 Å². The number of fused-ring (bicyclic) bond motifs is 1. The quantitative estimate of drug-likeness (QED) is 0.720. The molecule has 1 aliphatic heterocycles. The first-order valence-corrected chi connectivity index (χ1v) is 9.24. The summed E-state index contributed by atoms with van der Waals surface area (Å²) in [6.45, 7) is 0.938. The maximum absolute atomic E-state index is 14.0. The van der Waals surface area contributed by atoms with Crippen molar-refractivity contribution in [3.63, 3.8) is 0 Å². The largest absolute Gasteiger partial charge is 0.495 e. The van der Waals surface area contributed by atoms with Crippen molar-refractivity contribution in [1.82, 2.24) is 24.9 Å². The fourth-order valence-electron chi connectivity index (χ4n) is 3.59. The molecule has 4 heterocycles. The van der Waals surface area contributed by atoms with Crippen LogP contribution in [0.5, 0.6) is 5.75 Å². The van der Waals surface area contributed by atoms with Gasteiger partial charge >= 0.3 is 0 Å². The van der Waals surface area contributed by atoms with E-state index in [1.165, 1.54) is 0 Å². The van der Waals surface area contributed by atoms with Gasteiger partial charge in [-0.2, -0.15) is 5.10 Å². The van der Waals surface area contributed by atoms with Crippen molar-refractivity contribution in [2.24, 2.45) is 0 Å². The van der Waals surface area contributed by atoms with Crippen LogP contribution in [0, 0.1) is 0 Å². The van der Waals surface area contributed by atoms with Crippen molar-refractivity contribution in [2.75, 3.05) is 25.5 Å². The van der Waals surface area contributed by atoms with Gasteiger partial charge in [0.1, 0.15) is 23.4 Å². The molecular weight excluding hydrogens is 347 g/mol. The van der Waals surface area contributed by atoms with Gasteiger partial charge in [0.25, 0.3) is 0 Å². The van der Waals surface area contributed by atoms with Crippen LogP contribution in [0.2, 0.25) is 0 Å². The number of nitrogens with zero attached hydrogens (tertiary/aromatic N) is 4. The number of halogens is 1. The Morgan fingerprint density at radius 3 is 2.93 bits per heavy atom. The van der Waals surface area contributed by atoms with E-state index in [0.717, 1.165) is 35.5 Å². The Labute approximate surface area is 156 Å². The first kappa shape index (κ1) is 16.4. The van der Waals surface area contributed by atoms with Crippen LogP contribution in [0.4, 0.5) is 10.2 Å². The number of anilines is 1. The molecule has 0 bridgehead atoms. The zero-order valence-electron chi connectivity index (χ0n) is 15.0. The summed E-state index contributed by atoms with van der Waals surface area (Å²) in [5.74, 6) is 1.87. The molecule has 8 heteroatoms. The highest BCUT2D eigenvalue weighted by atomic mass is 19.1. The van der Waals surface area contributed by atoms with Gasteiger partial charge in [-0.3, -0.25) is 0 Å². The summed E-state index contributed by atoms with van der Waals surface area (Å²) in [5.41, 5.74) is 3.36. The van der Waals surface area contributed by atoms with Crippen LogP contribution >= 0.6 is 0 Å². The highest BCUT2D eigenvalue weighted by molar-refractivity contribution is 5.74. The van der Waals surface area contributed by atoms with E-state index in [1.807, 2.05) is 22.7 Å². The van der Waals surface area contributed by atoms with E-state index < -0.39 is 6.17 Å². The smallest absolute Gasteiger partial charge is 0.157 e. The summed E-state index contributed by atoms with van der Waals surface area (Å²) in [6.07, 6.45) is 4.80. The minimum atomic E-state index is -0.939. The average Bonchev–Trinajstić information content (AvgIpc) is 3.34. The van der Waals surface area contributed by atoms with Crippen molar-refractivity contribution in [2.45, 2.75) is 31.0 Å². The summed E-state index contributed by atoms with van der Waals surface area (Å²) in [6, 6.07) is 5.45. The van der Waals surface area contributed by atoms with Gasteiger partial charge in [0, 0.05) is 36.8 Å². The van der Waals surface area contributed by atoms with Crippen molar-refractivity contribution in [3.05, 3.63) is 36.3 Å². The number of aromatic nitrogens is 4. The molecule has 27 heavy (non-hydrogen) atoms. The molecule has 0 aromatic carbocycles. The number of methoxy groups -OCH3 is 1. The van der Waals surface area contributed by atoms with E-state index in [4.69, 9.17) is 9.84 Å². The van der Waals surface area contributed by atoms with E-state index in [2.05, 4.69) is 20.6 Å². The number of hydrogen-bond acceptors (Lipinski definition) is 6. The number of ether oxygens (including phenoxy) is 1. The summed E-state index contributed by atoms with van der Waals surface area (Å²) < 4.78 is 21.4. The number of nitrogens with one attached hydrogen (secondary N) is 2. The predicted molar refractivity (Wildman–Crippen MR) is 99.9 cm³/mol. The third-order valence-electron chi connectivity index (χ3n) is 5.21. The summed E-state index contributed by atoms with van der Waals surface area (Å²) in [7, 11) is 1.66. The van der Waals surface area contributed by atoms with Gasteiger partial charge in [0.05, 0.1) is 25.0 Å². The third kappa shape index (κ3) is 2.90. The maximum Gasteiger partial charge on any atom is 0.157 e. The molecule has 0 unspecified atom stereocenters. The molecular formula is C19H21FN6O. The van der Waals surface area contributed by atoms with Crippen molar-refractivity contribution < 1.29 is 9.13 Å². The molecule has 5 rings (SSSR count). The molecule has 2 N–H and O–H groups in total. The minimum absolute atomic E-state index is 0.298. The average molecular weight is 368 g/mol. The second-order valence-corrected chi connectivity index (χ2v) is 7.11. The SMILES string of the molecule is COc1cc2ncc(-c3cccnc3N[C@H]3CNC[C@@H]3F)n2nc1C1CC1. The van der Waals surface area contributed by atoms with Gasteiger partial charge in [0.2, 0.25) is 0 Å². The van der Waals surface area contributed by atoms with Gasteiger partial charge in [-0.05, 0) is 25.0 Å². The molecule has 2 aliphatic rings. The number of rotatable bonds is 5. The molecule has 3 aromatic heterocycles. The van der Waals surface area contributed by atoms with E-state index in [0.29, 0.717) is 30.5 Å². The molecule has 3 aromatic rings. The Kier molecular flexibility index (Phi) is 3.93. The molecule has 2 fully saturated rings. The number of imidazole rings is 1. The van der Waals surface area contributed by atoms with E-state index in [9.17, 15) is 4.39 Å². The van der Waals surface area contributed by atoms with Gasteiger partial charge < -0.3 is 15.4 Å². The molecule has 2 atom stereocenters. The predicted octanol–water partition coefficient (Wildman–Crippen LogP) is 2.40. The minimum Gasteiger partial charge on any atom is -0.495 e. The van der Waals surface area contributed by atoms with E-state index in [-0.39, 0.29) is 6.04 Å². The van der Waals surface area contributed by atoms with Crippen LogP contribution in [0.15, 0.2) is 30.6 Å². The van der Waals surface area contributed by atoms with Crippen LogP contribution in [0.25, 0.3) is 16.9 Å². The topological polar surface area (TPSA) is 76.4 Å². The molecule has 1 saturated carbocycles. The van der Waals surface area contributed by atoms with Crippen molar-refractivity contribution >= 4 is 11.5 Å². The number of alkyl halides is 1. The molecule has 0 radical (unpaired) electrons. The second kappa shape index (κ2) is 6.45. The lowest BCUT2D eigenvalue weighted by Gasteiger charge is -2.17. The molecule has 140 valence electrons. The fraction of sp³-hybridized carbons (Fsp3) is 0.421. The van der Waals surface area contributed by atoms with Crippen LogP contribution in [-0.2, 0) is 0 Å². The molecule has 0 spiro atoms. The van der Waals surface area contributed by atoms with Gasteiger partial charge in [0.15, 0.2) is 5.65 Å². The summed E-state index contributed by atoms with van der Waals surface area (Å²) >= 11 is 0. The van der Waals surface area contributed by atoms with Gasteiger partial charge in [-0.25, -0.2) is 18.9 Å². The highest BCUT2D eigenvalue weighted by Gasteiger charge is 2.30. The Hall–Kier alpha value is -2.74. The standard InChI is InChI=1S/C19H21FN6O/c1-27-16-7-17-23-10-15(26(17)25-18(16)11-4-5-11)12-3-2-6-22-19(12)24-14-9-21-8-13(14)20/h2-3,6-7,10-11,13-14,21H,4-5,8-9H2,1H3,(H,22,24)/t13-,14-/m0/s1.